The second-order valence-corrected chi connectivity index (χ2v) is 9.17. The van der Waals surface area contributed by atoms with Crippen molar-refractivity contribution in [2.45, 2.75) is 66.0 Å². The number of ether oxygens (including phenoxy) is 2. The highest BCUT2D eigenvalue weighted by atomic mass is 16.6. The number of nitrogens with zero attached hydrogens (tertiary/aromatic N) is 2. The van der Waals surface area contributed by atoms with E-state index in [0.717, 1.165) is 51.6 Å². The average molecular weight is 383 g/mol. The molecule has 2 atom stereocenters. The zero-order valence-electron chi connectivity index (χ0n) is 17.9. The van der Waals surface area contributed by atoms with E-state index in [4.69, 9.17) is 14.5 Å². The number of guanidine groups is 1. The van der Waals surface area contributed by atoms with E-state index in [-0.39, 0.29) is 18.1 Å². The molecule has 156 valence electrons. The van der Waals surface area contributed by atoms with E-state index < -0.39 is 5.60 Å². The molecule has 0 radical (unpaired) electrons. The number of aliphatic imine (C=N–C) groups is 1. The Morgan fingerprint density at radius 2 is 2.07 bits per heavy atom. The molecule has 2 rings (SSSR count). The maximum Gasteiger partial charge on any atom is 0.407 e. The zero-order valence-corrected chi connectivity index (χ0v) is 17.9. The molecule has 0 aromatic carbocycles. The van der Waals surface area contributed by atoms with Gasteiger partial charge in [0.2, 0.25) is 0 Å². The van der Waals surface area contributed by atoms with Crippen LogP contribution >= 0.6 is 0 Å². The molecule has 2 fully saturated rings. The fourth-order valence-corrected chi connectivity index (χ4v) is 3.58. The van der Waals surface area contributed by atoms with Crippen molar-refractivity contribution in [3.63, 3.8) is 0 Å². The first kappa shape index (κ1) is 21.8. The fraction of sp³-hybridized carbons (Fsp3) is 0.900. The maximum atomic E-state index is 12.1. The molecule has 0 aromatic heterocycles. The van der Waals surface area contributed by atoms with Crippen LogP contribution in [0.1, 0.15) is 54.4 Å². The molecule has 2 unspecified atom stereocenters. The van der Waals surface area contributed by atoms with Crippen molar-refractivity contribution in [2.75, 3.05) is 39.4 Å². The highest BCUT2D eigenvalue weighted by Crippen LogP contribution is 2.38. The first-order valence-electron chi connectivity index (χ1n) is 10.2. The first-order chi connectivity index (χ1) is 12.6. The number of likely N-dealkylation sites (tertiary alicyclic amines) is 1. The zero-order chi connectivity index (χ0) is 20.1. The number of nitrogens with one attached hydrogen (secondary N) is 2. The second-order valence-electron chi connectivity index (χ2n) is 9.17. The summed E-state index contributed by atoms with van der Waals surface area (Å²) in [5.41, 5.74) is -0.209. The van der Waals surface area contributed by atoms with Crippen LogP contribution in [0.4, 0.5) is 4.79 Å². The van der Waals surface area contributed by atoms with E-state index >= 15 is 0 Å². The van der Waals surface area contributed by atoms with E-state index in [1.807, 2.05) is 20.8 Å². The predicted molar refractivity (Wildman–Crippen MR) is 108 cm³/mol. The maximum absolute atomic E-state index is 12.1. The lowest BCUT2D eigenvalue weighted by Crippen LogP contribution is -2.45. The van der Waals surface area contributed by atoms with E-state index in [0.29, 0.717) is 12.0 Å². The standard InChI is InChI=1S/C20H38N4O3/c1-7-21-17(24-10-8-20(13-24)9-11-26-14-20)22-12-16(15(2)3)23-18(25)27-19(4,5)6/h15-16H,7-14H2,1-6H3,(H,21,22)(H,23,25). The molecular formula is C20H38N4O3. The Labute approximate surface area is 164 Å². The number of hydrogen-bond acceptors (Lipinski definition) is 4. The third-order valence-corrected chi connectivity index (χ3v) is 5.20. The van der Waals surface area contributed by atoms with Crippen molar-refractivity contribution >= 4 is 12.1 Å². The second kappa shape index (κ2) is 9.13. The predicted octanol–water partition coefficient (Wildman–Crippen LogP) is 2.61. The fourth-order valence-electron chi connectivity index (χ4n) is 3.58. The van der Waals surface area contributed by atoms with Crippen molar-refractivity contribution in [3.8, 4) is 0 Å². The van der Waals surface area contributed by atoms with E-state index in [2.05, 4.69) is 36.3 Å². The Balaban J connectivity index is 1.99. The third-order valence-electron chi connectivity index (χ3n) is 5.20. The largest absolute Gasteiger partial charge is 0.444 e. The summed E-state index contributed by atoms with van der Waals surface area (Å²) in [5, 5.41) is 6.38. The van der Waals surface area contributed by atoms with Crippen LogP contribution in [0.15, 0.2) is 4.99 Å². The van der Waals surface area contributed by atoms with Crippen LogP contribution in [-0.4, -0.2) is 68.0 Å². The van der Waals surface area contributed by atoms with Gasteiger partial charge in [-0.2, -0.15) is 0 Å². The van der Waals surface area contributed by atoms with Crippen LogP contribution in [0.2, 0.25) is 0 Å². The minimum atomic E-state index is -0.503. The first-order valence-corrected chi connectivity index (χ1v) is 10.2. The van der Waals surface area contributed by atoms with Gasteiger partial charge >= 0.3 is 6.09 Å². The third kappa shape index (κ3) is 6.55. The van der Waals surface area contributed by atoms with Gasteiger partial charge in [-0.15, -0.1) is 0 Å². The summed E-state index contributed by atoms with van der Waals surface area (Å²) in [6, 6.07) is -0.0696. The van der Waals surface area contributed by atoms with Crippen LogP contribution in [-0.2, 0) is 9.47 Å². The molecule has 7 heteroatoms. The van der Waals surface area contributed by atoms with Crippen molar-refractivity contribution < 1.29 is 14.3 Å². The van der Waals surface area contributed by atoms with Crippen molar-refractivity contribution in [1.82, 2.24) is 15.5 Å². The van der Waals surface area contributed by atoms with Gasteiger partial charge in [0, 0.05) is 31.7 Å². The monoisotopic (exact) mass is 382 g/mol. The van der Waals surface area contributed by atoms with Crippen LogP contribution in [0.25, 0.3) is 0 Å². The van der Waals surface area contributed by atoms with Gasteiger partial charge in [0.15, 0.2) is 5.96 Å². The molecule has 2 aliphatic heterocycles. The van der Waals surface area contributed by atoms with Gasteiger partial charge in [-0.3, -0.25) is 4.99 Å². The quantitative estimate of drug-likeness (QED) is 0.565. The van der Waals surface area contributed by atoms with E-state index in [9.17, 15) is 4.79 Å². The Morgan fingerprint density at radius 1 is 1.33 bits per heavy atom. The molecular weight excluding hydrogens is 344 g/mol. The summed E-state index contributed by atoms with van der Waals surface area (Å²) in [6.45, 7) is 16.9. The number of rotatable bonds is 5. The molecule has 1 amide bonds. The molecule has 2 aliphatic rings. The molecule has 0 saturated carbocycles. The normalized spacial score (nSPS) is 24.6. The summed E-state index contributed by atoms with van der Waals surface area (Å²) in [4.78, 5) is 19.3. The van der Waals surface area contributed by atoms with Gasteiger partial charge in [-0.1, -0.05) is 13.8 Å². The Kier molecular flexibility index (Phi) is 7.37. The SMILES string of the molecule is CCNC(=NCC(NC(=O)OC(C)(C)C)C(C)C)N1CCC2(CCOC2)C1. The summed E-state index contributed by atoms with van der Waals surface area (Å²) in [7, 11) is 0. The number of carbonyl (C=O) groups excluding carboxylic acids is 1. The molecule has 1 spiro atoms. The van der Waals surface area contributed by atoms with Crippen LogP contribution in [0.5, 0.6) is 0 Å². The Bertz CT molecular complexity index is 522. The van der Waals surface area contributed by atoms with Gasteiger partial charge in [-0.25, -0.2) is 4.79 Å². The molecule has 2 heterocycles. The minimum Gasteiger partial charge on any atom is -0.444 e. The topological polar surface area (TPSA) is 75.2 Å². The van der Waals surface area contributed by atoms with Gasteiger partial charge in [-0.05, 0) is 46.5 Å². The highest BCUT2D eigenvalue weighted by molar-refractivity contribution is 5.80. The summed E-state index contributed by atoms with van der Waals surface area (Å²) in [6.07, 6.45) is 1.91. The average Bonchev–Trinajstić information content (AvgIpc) is 3.18. The van der Waals surface area contributed by atoms with Crippen LogP contribution in [0, 0.1) is 11.3 Å². The van der Waals surface area contributed by atoms with E-state index in [1.165, 1.54) is 0 Å². The van der Waals surface area contributed by atoms with Gasteiger partial charge < -0.3 is 25.0 Å². The van der Waals surface area contributed by atoms with Crippen LogP contribution < -0.4 is 10.6 Å². The number of carbonyl (C=O) groups is 1. The van der Waals surface area contributed by atoms with Crippen molar-refractivity contribution in [3.05, 3.63) is 0 Å². The van der Waals surface area contributed by atoms with E-state index in [1.54, 1.807) is 0 Å². The van der Waals surface area contributed by atoms with Gasteiger partial charge in [0.1, 0.15) is 5.60 Å². The molecule has 0 bridgehead atoms. The number of hydrogen-bond donors (Lipinski definition) is 2. The Hall–Kier alpha value is -1.50. The summed E-state index contributed by atoms with van der Waals surface area (Å²) < 4.78 is 11.0. The van der Waals surface area contributed by atoms with Crippen molar-refractivity contribution in [2.24, 2.45) is 16.3 Å². The molecule has 0 aliphatic carbocycles. The number of amides is 1. The molecule has 7 nitrogen and oxygen atoms in total. The Morgan fingerprint density at radius 3 is 2.63 bits per heavy atom. The van der Waals surface area contributed by atoms with Crippen molar-refractivity contribution in [1.29, 1.82) is 0 Å². The van der Waals surface area contributed by atoms with Crippen LogP contribution in [0.3, 0.4) is 0 Å². The van der Waals surface area contributed by atoms with Gasteiger partial charge in [0.25, 0.3) is 0 Å². The number of alkyl carbamates (subject to hydrolysis) is 1. The minimum absolute atomic E-state index is 0.0696. The lowest BCUT2D eigenvalue weighted by Gasteiger charge is -2.27. The smallest absolute Gasteiger partial charge is 0.407 e. The lowest BCUT2D eigenvalue weighted by molar-refractivity contribution is 0.0493. The summed E-state index contributed by atoms with van der Waals surface area (Å²) in [5.74, 6) is 1.19. The lowest BCUT2D eigenvalue weighted by atomic mass is 9.87. The van der Waals surface area contributed by atoms with Gasteiger partial charge in [0.05, 0.1) is 19.2 Å². The molecule has 2 N–H and O–H groups in total. The highest BCUT2D eigenvalue weighted by Gasteiger charge is 2.42. The molecule has 2 saturated heterocycles. The molecule has 0 aromatic rings. The molecule has 27 heavy (non-hydrogen) atoms. The summed E-state index contributed by atoms with van der Waals surface area (Å²) >= 11 is 0.